The average molecular weight is 298 g/mol. The zero-order chi connectivity index (χ0) is 14.8. The number of hydrogen-bond acceptors (Lipinski definition) is 6. The van der Waals surface area contributed by atoms with Gasteiger partial charge >= 0.3 is 0 Å². The van der Waals surface area contributed by atoms with Crippen LogP contribution in [0.15, 0.2) is 0 Å². The summed E-state index contributed by atoms with van der Waals surface area (Å²) < 4.78 is 23.0. The fraction of sp³-hybridized carbons (Fsp3) is 0.692. The topological polar surface area (TPSA) is 89.2 Å². The summed E-state index contributed by atoms with van der Waals surface area (Å²) in [7, 11) is -2.89. The highest BCUT2D eigenvalue weighted by atomic mass is 32.2. The summed E-state index contributed by atoms with van der Waals surface area (Å²) in [6.07, 6.45) is 1.70. The molecule has 1 aliphatic heterocycles. The van der Waals surface area contributed by atoms with Crippen molar-refractivity contribution in [1.82, 2.24) is 10.2 Å². The van der Waals surface area contributed by atoms with E-state index in [1.807, 2.05) is 4.90 Å². The highest BCUT2D eigenvalue weighted by molar-refractivity contribution is 7.91. The number of hydrogen-bond donors (Lipinski definition) is 1. The van der Waals surface area contributed by atoms with Gasteiger partial charge in [-0.3, -0.25) is 0 Å². The summed E-state index contributed by atoms with van der Waals surface area (Å²) in [5, 5.41) is 8.59. The van der Waals surface area contributed by atoms with E-state index >= 15 is 0 Å². The van der Waals surface area contributed by atoms with E-state index < -0.39 is 9.84 Å². The van der Waals surface area contributed by atoms with Gasteiger partial charge in [0.2, 0.25) is 0 Å². The predicted molar refractivity (Wildman–Crippen MR) is 79.5 cm³/mol. The molecule has 1 aliphatic rings. The van der Waals surface area contributed by atoms with Crippen LogP contribution >= 0.6 is 0 Å². The van der Waals surface area contributed by atoms with Crippen LogP contribution < -0.4 is 10.6 Å². The monoisotopic (exact) mass is 298 g/mol. The Morgan fingerprint density at radius 2 is 1.75 bits per heavy atom. The van der Waals surface area contributed by atoms with Crippen molar-refractivity contribution in [3.63, 3.8) is 0 Å². The first-order valence-corrected chi connectivity index (χ1v) is 8.87. The van der Waals surface area contributed by atoms with Crippen molar-refractivity contribution >= 4 is 15.7 Å². The number of sulfone groups is 1. The Bertz CT molecular complexity index is 572. The van der Waals surface area contributed by atoms with Gasteiger partial charge in [0.25, 0.3) is 0 Å². The largest absolute Gasteiger partial charge is 0.353 e. The fourth-order valence-electron chi connectivity index (χ4n) is 2.63. The van der Waals surface area contributed by atoms with E-state index in [4.69, 9.17) is 5.73 Å². The minimum Gasteiger partial charge on any atom is -0.353 e. The Morgan fingerprint density at radius 3 is 2.25 bits per heavy atom. The number of aromatic nitrogens is 2. The Kier molecular flexibility index (Phi) is 4.59. The molecule has 20 heavy (non-hydrogen) atoms. The van der Waals surface area contributed by atoms with Crippen LogP contribution in [0.5, 0.6) is 0 Å². The molecule has 0 atom stereocenters. The first kappa shape index (κ1) is 15.2. The number of anilines is 1. The molecule has 0 amide bonds. The second-order valence-corrected chi connectivity index (χ2v) is 7.28. The molecule has 6 nitrogen and oxygen atoms in total. The second-order valence-electron chi connectivity index (χ2n) is 4.98. The molecule has 0 unspecified atom stereocenters. The molecule has 2 heterocycles. The molecule has 1 fully saturated rings. The standard InChI is InChI=1S/C13H22N4O2S/c1-3-10-11(9-14)13(16-15-12(10)4-2)17-5-7-20(18,19)8-6-17/h3-9,14H2,1-2H3. The Hall–Kier alpha value is -1.21. The maximum atomic E-state index is 11.5. The van der Waals surface area contributed by atoms with Gasteiger partial charge in [0.05, 0.1) is 17.2 Å². The van der Waals surface area contributed by atoms with Gasteiger partial charge in [-0.1, -0.05) is 13.8 Å². The lowest BCUT2D eigenvalue weighted by atomic mass is 10.0. The van der Waals surface area contributed by atoms with Gasteiger partial charge in [0.1, 0.15) is 0 Å². The maximum absolute atomic E-state index is 11.5. The third-order valence-electron chi connectivity index (χ3n) is 3.78. The van der Waals surface area contributed by atoms with Crippen LogP contribution in [0.3, 0.4) is 0 Å². The highest BCUT2D eigenvalue weighted by Gasteiger charge is 2.25. The minimum absolute atomic E-state index is 0.176. The molecule has 112 valence electrons. The van der Waals surface area contributed by atoms with Crippen LogP contribution in [0.4, 0.5) is 5.82 Å². The Balaban J connectivity index is 2.37. The van der Waals surface area contributed by atoms with Crippen molar-refractivity contribution in [2.45, 2.75) is 33.2 Å². The van der Waals surface area contributed by atoms with Crippen molar-refractivity contribution in [2.75, 3.05) is 29.5 Å². The first-order chi connectivity index (χ1) is 9.52. The van der Waals surface area contributed by atoms with Crippen molar-refractivity contribution in [1.29, 1.82) is 0 Å². The maximum Gasteiger partial charge on any atom is 0.156 e. The zero-order valence-corrected chi connectivity index (χ0v) is 12.9. The molecule has 1 aromatic heterocycles. The van der Waals surface area contributed by atoms with E-state index in [1.54, 1.807) is 0 Å². The molecule has 0 bridgehead atoms. The fourth-order valence-corrected chi connectivity index (χ4v) is 3.83. The van der Waals surface area contributed by atoms with E-state index in [0.717, 1.165) is 35.5 Å². The summed E-state index contributed by atoms with van der Waals surface area (Å²) in [6.45, 7) is 5.48. The van der Waals surface area contributed by atoms with Crippen molar-refractivity contribution in [3.05, 3.63) is 16.8 Å². The van der Waals surface area contributed by atoms with Crippen molar-refractivity contribution in [3.8, 4) is 0 Å². The molecule has 7 heteroatoms. The third-order valence-corrected chi connectivity index (χ3v) is 5.39. The van der Waals surface area contributed by atoms with E-state index in [1.165, 1.54) is 0 Å². The molecular weight excluding hydrogens is 276 g/mol. The van der Waals surface area contributed by atoms with Crippen molar-refractivity contribution < 1.29 is 8.42 Å². The molecule has 1 saturated heterocycles. The third kappa shape index (κ3) is 2.93. The Morgan fingerprint density at radius 1 is 1.10 bits per heavy atom. The molecule has 0 spiro atoms. The smallest absolute Gasteiger partial charge is 0.156 e. The van der Waals surface area contributed by atoms with E-state index in [0.29, 0.717) is 19.6 Å². The number of nitrogens with zero attached hydrogens (tertiary/aromatic N) is 3. The van der Waals surface area contributed by atoms with Gasteiger partial charge in [-0.15, -0.1) is 5.10 Å². The van der Waals surface area contributed by atoms with E-state index in [2.05, 4.69) is 24.0 Å². The highest BCUT2D eigenvalue weighted by Crippen LogP contribution is 2.24. The number of rotatable bonds is 4. The second kappa shape index (κ2) is 6.05. The molecule has 0 aliphatic carbocycles. The van der Waals surface area contributed by atoms with Crippen LogP contribution in [0, 0.1) is 0 Å². The van der Waals surface area contributed by atoms with Crippen LogP contribution in [0.2, 0.25) is 0 Å². The summed E-state index contributed by atoms with van der Waals surface area (Å²) in [6, 6.07) is 0. The summed E-state index contributed by atoms with van der Waals surface area (Å²) in [5.74, 6) is 1.11. The predicted octanol–water partition coefficient (Wildman–Crippen LogP) is 0.295. The van der Waals surface area contributed by atoms with Crippen LogP contribution in [0.25, 0.3) is 0 Å². The normalized spacial score (nSPS) is 18.2. The van der Waals surface area contributed by atoms with Gasteiger partial charge in [-0.2, -0.15) is 5.10 Å². The van der Waals surface area contributed by atoms with Gasteiger partial charge in [0, 0.05) is 25.2 Å². The van der Waals surface area contributed by atoms with Gasteiger partial charge in [-0.05, 0) is 18.4 Å². The molecule has 2 rings (SSSR count). The average Bonchev–Trinajstić information content (AvgIpc) is 2.45. The number of nitrogens with two attached hydrogens (primary N) is 1. The number of aryl methyl sites for hydroxylation is 1. The molecular formula is C13H22N4O2S. The lowest BCUT2D eigenvalue weighted by Gasteiger charge is -2.29. The van der Waals surface area contributed by atoms with Crippen LogP contribution in [0.1, 0.15) is 30.7 Å². The van der Waals surface area contributed by atoms with Crippen molar-refractivity contribution in [2.24, 2.45) is 5.73 Å². The van der Waals surface area contributed by atoms with E-state index in [9.17, 15) is 8.42 Å². The van der Waals surface area contributed by atoms with Gasteiger partial charge in [-0.25, -0.2) is 8.42 Å². The molecule has 0 saturated carbocycles. The zero-order valence-electron chi connectivity index (χ0n) is 12.1. The van der Waals surface area contributed by atoms with E-state index in [-0.39, 0.29) is 11.5 Å². The van der Waals surface area contributed by atoms with Gasteiger partial charge in [0.15, 0.2) is 15.7 Å². The first-order valence-electron chi connectivity index (χ1n) is 7.05. The molecule has 1 aromatic rings. The molecule has 0 aromatic carbocycles. The quantitative estimate of drug-likeness (QED) is 0.859. The van der Waals surface area contributed by atoms with Crippen LogP contribution in [-0.2, 0) is 29.2 Å². The summed E-state index contributed by atoms with van der Waals surface area (Å²) >= 11 is 0. The molecule has 0 radical (unpaired) electrons. The van der Waals surface area contributed by atoms with Crippen LogP contribution in [-0.4, -0.2) is 43.2 Å². The summed E-state index contributed by atoms with van der Waals surface area (Å²) in [4.78, 5) is 1.99. The SMILES string of the molecule is CCc1nnc(N2CCS(=O)(=O)CC2)c(CN)c1CC. The van der Waals surface area contributed by atoms with Gasteiger partial charge < -0.3 is 10.6 Å². The minimum atomic E-state index is -2.89. The Labute approximate surface area is 120 Å². The summed E-state index contributed by atoms with van der Waals surface area (Å²) in [5.41, 5.74) is 9.06. The lowest BCUT2D eigenvalue weighted by Crippen LogP contribution is -2.41. The lowest BCUT2D eigenvalue weighted by molar-refractivity contribution is 0.585. The molecule has 2 N–H and O–H groups in total.